The Hall–Kier alpha value is -1.32. The van der Waals surface area contributed by atoms with Gasteiger partial charge in [-0.15, -0.1) is 0 Å². The van der Waals surface area contributed by atoms with Gasteiger partial charge in [0.1, 0.15) is 5.56 Å². The number of nitrogens with one attached hydrogen (secondary N) is 1. The first-order chi connectivity index (χ1) is 7.20. The zero-order chi connectivity index (χ0) is 11.3. The molecule has 0 radical (unpaired) electrons. The van der Waals surface area contributed by atoms with E-state index in [2.05, 4.69) is 24.0 Å². The summed E-state index contributed by atoms with van der Waals surface area (Å²) in [6.07, 6.45) is 3.66. The molecule has 1 unspecified atom stereocenters. The van der Waals surface area contributed by atoms with Gasteiger partial charge in [0.15, 0.2) is 0 Å². The Morgan fingerprint density at radius 2 is 2.33 bits per heavy atom. The van der Waals surface area contributed by atoms with Crippen LogP contribution in [0.5, 0.6) is 0 Å². The van der Waals surface area contributed by atoms with Gasteiger partial charge >= 0.3 is 5.97 Å². The average molecular weight is 210 g/mol. The normalized spacial score (nSPS) is 12.5. The Bertz CT molecular complexity index is 320. The van der Waals surface area contributed by atoms with Gasteiger partial charge in [0.2, 0.25) is 0 Å². The van der Waals surface area contributed by atoms with E-state index in [-0.39, 0.29) is 5.97 Å². The van der Waals surface area contributed by atoms with Crippen LogP contribution in [0.3, 0.4) is 0 Å². The van der Waals surface area contributed by atoms with Crippen LogP contribution in [0.1, 0.15) is 55.6 Å². The number of H-pyrrole nitrogens is 1. The summed E-state index contributed by atoms with van der Waals surface area (Å²) in [6.45, 7) is 6.40. The summed E-state index contributed by atoms with van der Waals surface area (Å²) in [7, 11) is 0. The molecule has 1 N–H and O–H groups in total. The van der Waals surface area contributed by atoms with Gasteiger partial charge in [-0.1, -0.05) is 20.3 Å². The highest BCUT2D eigenvalue weighted by Crippen LogP contribution is 2.22. The number of ether oxygens (including phenoxy) is 1. The maximum atomic E-state index is 11.6. The third kappa shape index (κ3) is 2.81. The minimum atomic E-state index is -0.288. The maximum Gasteiger partial charge on any atom is 0.341 e. The monoisotopic (exact) mass is 210 g/mol. The molecule has 1 heterocycles. The Labute approximate surface area is 90.0 Å². The molecule has 0 spiro atoms. The summed E-state index contributed by atoms with van der Waals surface area (Å²) < 4.78 is 4.96. The fourth-order valence-electron chi connectivity index (χ4n) is 1.62. The molecule has 1 aromatic rings. The van der Waals surface area contributed by atoms with Crippen LogP contribution < -0.4 is 0 Å². The topological polar surface area (TPSA) is 55.0 Å². The van der Waals surface area contributed by atoms with Crippen LogP contribution in [0.15, 0.2) is 6.20 Å². The van der Waals surface area contributed by atoms with E-state index in [0.717, 1.165) is 18.5 Å². The van der Waals surface area contributed by atoms with Gasteiger partial charge in [0.25, 0.3) is 0 Å². The smallest absolute Gasteiger partial charge is 0.341 e. The Morgan fingerprint density at radius 3 is 2.93 bits per heavy atom. The fourth-order valence-corrected chi connectivity index (χ4v) is 1.62. The number of aromatic nitrogens is 2. The molecule has 0 aromatic carbocycles. The molecule has 84 valence electrons. The zero-order valence-corrected chi connectivity index (χ0v) is 9.54. The van der Waals surface area contributed by atoms with Crippen LogP contribution in [0, 0.1) is 0 Å². The number of carbonyl (C=O) groups is 1. The molecule has 0 saturated heterocycles. The summed E-state index contributed by atoms with van der Waals surface area (Å²) in [5, 5.41) is 6.78. The molecule has 0 fully saturated rings. The van der Waals surface area contributed by atoms with Crippen molar-refractivity contribution in [2.45, 2.75) is 39.5 Å². The van der Waals surface area contributed by atoms with E-state index in [1.54, 1.807) is 13.1 Å². The van der Waals surface area contributed by atoms with Crippen molar-refractivity contribution in [3.05, 3.63) is 17.5 Å². The quantitative estimate of drug-likeness (QED) is 0.759. The fraction of sp³-hybridized carbons (Fsp3) is 0.636. The number of hydrogen-bond acceptors (Lipinski definition) is 3. The molecular formula is C11H18N2O2. The van der Waals surface area contributed by atoms with Gasteiger partial charge in [-0.25, -0.2) is 4.79 Å². The summed E-state index contributed by atoms with van der Waals surface area (Å²) in [4.78, 5) is 11.6. The van der Waals surface area contributed by atoms with E-state index in [1.807, 2.05) is 0 Å². The van der Waals surface area contributed by atoms with Crippen LogP contribution in [0.25, 0.3) is 0 Å². The lowest BCUT2D eigenvalue weighted by atomic mass is 9.99. The first-order valence-corrected chi connectivity index (χ1v) is 5.41. The predicted octanol–water partition coefficient (Wildman–Crippen LogP) is 2.49. The zero-order valence-electron chi connectivity index (χ0n) is 9.54. The standard InChI is InChI=1S/C11H18N2O2/c1-4-6-8(3)10-9(7-12-13-10)11(14)15-5-2/h7-8H,4-6H2,1-3H3,(H,12,13). The predicted molar refractivity (Wildman–Crippen MR) is 57.9 cm³/mol. The van der Waals surface area contributed by atoms with Gasteiger partial charge < -0.3 is 4.74 Å². The Kier molecular flexibility index (Phi) is 4.34. The summed E-state index contributed by atoms with van der Waals surface area (Å²) in [6, 6.07) is 0. The van der Waals surface area contributed by atoms with E-state index >= 15 is 0 Å². The summed E-state index contributed by atoms with van der Waals surface area (Å²) >= 11 is 0. The van der Waals surface area contributed by atoms with Crippen molar-refractivity contribution in [2.75, 3.05) is 6.61 Å². The minimum Gasteiger partial charge on any atom is -0.462 e. The van der Waals surface area contributed by atoms with Crippen molar-refractivity contribution in [1.29, 1.82) is 0 Å². The van der Waals surface area contributed by atoms with Crippen LogP contribution in [0.2, 0.25) is 0 Å². The first-order valence-electron chi connectivity index (χ1n) is 5.41. The lowest BCUT2D eigenvalue weighted by Crippen LogP contribution is -2.08. The maximum absolute atomic E-state index is 11.6. The molecular weight excluding hydrogens is 192 g/mol. The highest BCUT2D eigenvalue weighted by atomic mass is 16.5. The molecule has 15 heavy (non-hydrogen) atoms. The molecule has 0 aliphatic heterocycles. The van der Waals surface area contributed by atoms with Crippen molar-refractivity contribution in [2.24, 2.45) is 0 Å². The second kappa shape index (κ2) is 5.53. The first kappa shape index (κ1) is 11.8. The number of nitrogens with zero attached hydrogens (tertiary/aromatic N) is 1. The lowest BCUT2D eigenvalue weighted by molar-refractivity contribution is 0.0524. The van der Waals surface area contributed by atoms with E-state index in [4.69, 9.17) is 4.74 Å². The molecule has 4 heteroatoms. The number of esters is 1. The van der Waals surface area contributed by atoms with Crippen molar-refractivity contribution in [3.63, 3.8) is 0 Å². The van der Waals surface area contributed by atoms with Gasteiger partial charge in [0.05, 0.1) is 18.5 Å². The molecule has 0 aliphatic carbocycles. The summed E-state index contributed by atoms with van der Waals surface area (Å²) in [5.74, 6) is 0.0288. The average Bonchev–Trinajstić information content (AvgIpc) is 2.66. The van der Waals surface area contributed by atoms with Gasteiger partial charge in [-0.05, 0) is 19.3 Å². The van der Waals surface area contributed by atoms with Crippen LogP contribution in [0.4, 0.5) is 0 Å². The van der Waals surface area contributed by atoms with Gasteiger partial charge in [0, 0.05) is 0 Å². The van der Waals surface area contributed by atoms with E-state index in [9.17, 15) is 4.79 Å². The molecule has 0 saturated carbocycles. The Morgan fingerprint density at radius 1 is 1.60 bits per heavy atom. The van der Waals surface area contributed by atoms with E-state index in [1.165, 1.54) is 0 Å². The molecule has 1 rings (SSSR count). The molecule has 1 aromatic heterocycles. The minimum absolute atomic E-state index is 0.288. The number of carbonyl (C=O) groups excluding carboxylic acids is 1. The van der Waals surface area contributed by atoms with Crippen LogP contribution in [-0.4, -0.2) is 22.8 Å². The Balaban J connectivity index is 2.81. The third-order valence-electron chi connectivity index (χ3n) is 2.38. The van der Waals surface area contributed by atoms with E-state index < -0.39 is 0 Å². The van der Waals surface area contributed by atoms with Crippen molar-refractivity contribution >= 4 is 5.97 Å². The van der Waals surface area contributed by atoms with Crippen molar-refractivity contribution < 1.29 is 9.53 Å². The van der Waals surface area contributed by atoms with Crippen LogP contribution >= 0.6 is 0 Å². The molecule has 0 bridgehead atoms. The van der Waals surface area contributed by atoms with Crippen molar-refractivity contribution in [3.8, 4) is 0 Å². The lowest BCUT2D eigenvalue weighted by Gasteiger charge is -2.09. The molecule has 0 aliphatic rings. The van der Waals surface area contributed by atoms with Gasteiger partial charge in [-0.3, -0.25) is 5.10 Å². The molecule has 4 nitrogen and oxygen atoms in total. The highest BCUT2D eigenvalue weighted by Gasteiger charge is 2.18. The third-order valence-corrected chi connectivity index (χ3v) is 2.38. The second-order valence-electron chi connectivity index (χ2n) is 3.61. The second-order valence-corrected chi connectivity index (χ2v) is 3.61. The molecule has 1 atom stereocenters. The van der Waals surface area contributed by atoms with E-state index in [0.29, 0.717) is 18.1 Å². The SMILES string of the molecule is CCCC(C)c1[nH]ncc1C(=O)OCC. The van der Waals surface area contributed by atoms with Crippen molar-refractivity contribution in [1.82, 2.24) is 10.2 Å². The summed E-state index contributed by atoms with van der Waals surface area (Å²) in [5.41, 5.74) is 1.45. The molecule has 0 amide bonds. The largest absolute Gasteiger partial charge is 0.462 e. The van der Waals surface area contributed by atoms with Gasteiger partial charge in [-0.2, -0.15) is 5.10 Å². The number of aromatic amines is 1. The number of hydrogen-bond donors (Lipinski definition) is 1. The number of rotatable bonds is 5. The van der Waals surface area contributed by atoms with Crippen LogP contribution in [-0.2, 0) is 4.74 Å². The highest BCUT2D eigenvalue weighted by molar-refractivity contribution is 5.90.